The third-order valence-corrected chi connectivity index (χ3v) is 5.04. The summed E-state index contributed by atoms with van der Waals surface area (Å²) in [6.07, 6.45) is -6.51. The molecule has 0 bridgehead atoms. The van der Waals surface area contributed by atoms with Gasteiger partial charge < -0.3 is 10.6 Å². The van der Waals surface area contributed by atoms with Gasteiger partial charge in [-0.1, -0.05) is 35.9 Å². The molecule has 12 heteroatoms. The van der Waals surface area contributed by atoms with Crippen molar-refractivity contribution in [3.63, 3.8) is 0 Å². The lowest BCUT2D eigenvalue weighted by Gasteiger charge is -2.22. The fourth-order valence-electron chi connectivity index (χ4n) is 3.08. The molecule has 1 aromatic heterocycles. The van der Waals surface area contributed by atoms with Crippen molar-refractivity contribution in [3.05, 3.63) is 100 Å². The van der Waals surface area contributed by atoms with E-state index in [1.54, 1.807) is 5.32 Å². The Bertz CT molecular complexity index is 1290. The SMILES string of the molecule is O=C(C=Cc1cccc(NC(=O)c2cccnc2Cl)c1)NC(c1cccc(C(F)(F)F)c1)C(F)(F)F. The van der Waals surface area contributed by atoms with Crippen molar-refractivity contribution in [3.8, 4) is 0 Å². The van der Waals surface area contributed by atoms with Crippen LogP contribution in [-0.4, -0.2) is 23.0 Å². The summed E-state index contributed by atoms with van der Waals surface area (Å²) >= 11 is 5.89. The first-order chi connectivity index (χ1) is 16.8. The summed E-state index contributed by atoms with van der Waals surface area (Å²) in [5.41, 5.74) is -1.27. The first-order valence-corrected chi connectivity index (χ1v) is 10.5. The molecule has 0 spiro atoms. The molecule has 3 rings (SSSR count). The zero-order chi connectivity index (χ0) is 26.5. The molecule has 0 aliphatic heterocycles. The highest BCUT2D eigenvalue weighted by Gasteiger charge is 2.42. The lowest BCUT2D eigenvalue weighted by molar-refractivity contribution is -0.162. The number of hydrogen-bond donors (Lipinski definition) is 2. The number of carbonyl (C=O) groups excluding carboxylic acids is 2. The highest BCUT2D eigenvalue weighted by Crippen LogP contribution is 2.36. The Labute approximate surface area is 205 Å². The van der Waals surface area contributed by atoms with Crippen molar-refractivity contribution < 1.29 is 35.9 Å². The predicted molar refractivity (Wildman–Crippen MR) is 121 cm³/mol. The van der Waals surface area contributed by atoms with Gasteiger partial charge in [0.25, 0.3) is 5.91 Å². The summed E-state index contributed by atoms with van der Waals surface area (Å²) in [5.74, 6) is -1.74. The normalized spacial score (nSPS) is 12.9. The van der Waals surface area contributed by atoms with Crippen LogP contribution in [0.4, 0.5) is 32.0 Å². The molecule has 3 aromatic rings. The second kappa shape index (κ2) is 10.8. The number of nitrogens with one attached hydrogen (secondary N) is 2. The summed E-state index contributed by atoms with van der Waals surface area (Å²) in [6, 6.07) is 8.99. The zero-order valence-electron chi connectivity index (χ0n) is 18.0. The number of rotatable bonds is 6. The van der Waals surface area contributed by atoms with Gasteiger partial charge in [0, 0.05) is 18.0 Å². The first-order valence-electron chi connectivity index (χ1n) is 10.1. The van der Waals surface area contributed by atoms with E-state index in [0.717, 1.165) is 18.2 Å². The molecule has 1 atom stereocenters. The van der Waals surface area contributed by atoms with Gasteiger partial charge in [-0.3, -0.25) is 9.59 Å². The van der Waals surface area contributed by atoms with Crippen molar-refractivity contribution in [1.82, 2.24) is 10.3 Å². The van der Waals surface area contributed by atoms with E-state index in [1.807, 2.05) is 0 Å². The number of nitrogens with zero attached hydrogens (tertiary/aromatic N) is 1. The highest BCUT2D eigenvalue weighted by atomic mass is 35.5. The number of carbonyl (C=O) groups is 2. The minimum atomic E-state index is -5.05. The number of hydrogen-bond acceptors (Lipinski definition) is 3. The van der Waals surface area contributed by atoms with E-state index in [9.17, 15) is 35.9 Å². The van der Waals surface area contributed by atoms with Crippen LogP contribution in [0.15, 0.2) is 72.9 Å². The van der Waals surface area contributed by atoms with Gasteiger partial charge in [0.15, 0.2) is 6.04 Å². The lowest BCUT2D eigenvalue weighted by atomic mass is 10.0. The zero-order valence-corrected chi connectivity index (χ0v) is 18.7. The monoisotopic (exact) mass is 527 g/mol. The summed E-state index contributed by atoms with van der Waals surface area (Å²) in [5, 5.41) is 4.26. The third-order valence-electron chi connectivity index (χ3n) is 4.74. The minimum Gasteiger partial charge on any atom is -0.337 e. The van der Waals surface area contributed by atoms with E-state index in [-0.39, 0.29) is 10.7 Å². The van der Waals surface area contributed by atoms with Crippen LogP contribution < -0.4 is 10.6 Å². The number of alkyl halides is 6. The molecule has 1 unspecified atom stereocenters. The molecule has 2 amide bonds. The van der Waals surface area contributed by atoms with Crippen LogP contribution >= 0.6 is 11.6 Å². The van der Waals surface area contributed by atoms with E-state index in [2.05, 4.69) is 10.3 Å². The second-order valence-electron chi connectivity index (χ2n) is 7.36. The summed E-state index contributed by atoms with van der Waals surface area (Å²) in [7, 11) is 0. The van der Waals surface area contributed by atoms with Crippen molar-refractivity contribution in [2.75, 3.05) is 5.32 Å². The number of pyridine rings is 1. The highest BCUT2D eigenvalue weighted by molar-refractivity contribution is 6.33. The fourth-order valence-corrected chi connectivity index (χ4v) is 3.29. The second-order valence-corrected chi connectivity index (χ2v) is 7.72. The molecular formula is C24H16ClF6N3O2. The Morgan fingerprint density at radius 2 is 1.67 bits per heavy atom. The Morgan fingerprint density at radius 1 is 0.944 bits per heavy atom. The average Bonchev–Trinajstić information content (AvgIpc) is 2.80. The maximum Gasteiger partial charge on any atom is 0.416 e. The van der Waals surface area contributed by atoms with Gasteiger partial charge >= 0.3 is 12.4 Å². The molecule has 0 saturated heterocycles. The van der Waals surface area contributed by atoms with Crippen molar-refractivity contribution in [1.29, 1.82) is 0 Å². The maximum atomic E-state index is 13.5. The number of anilines is 1. The fraction of sp³-hybridized carbons (Fsp3) is 0.125. The molecule has 2 aromatic carbocycles. The third kappa shape index (κ3) is 7.08. The van der Waals surface area contributed by atoms with Crippen LogP contribution in [0.25, 0.3) is 6.08 Å². The van der Waals surface area contributed by atoms with Gasteiger partial charge in [0.1, 0.15) is 5.15 Å². The number of aromatic nitrogens is 1. The Balaban J connectivity index is 1.74. The average molecular weight is 528 g/mol. The number of amides is 2. The molecule has 0 radical (unpaired) electrons. The first kappa shape index (κ1) is 26.7. The van der Waals surface area contributed by atoms with E-state index in [1.165, 1.54) is 48.7 Å². The number of halogens is 7. The van der Waals surface area contributed by atoms with Gasteiger partial charge in [0.05, 0.1) is 11.1 Å². The Morgan fingerprint density at radius 3 is 2.33 bits per heavy atom. The van der Waals surface area contributed by atoms with Crippen LogP contribution in [0.2, 0.25) is 5.15 Å². The smallest absolute Gasteiger partial charge is 0.337 e. The molecule has 36 heavy (non-hydrogen) atoms. The van der Waals surface area contributed by atoms with E-state index < -0.39 is 41.3 Å². The van der Waals surface area contributed by atoms with Crippen LogP contribution in [0, 0.1) is 0 Å². The summed E-state index contributed by atoms with van der Waals surface area (Å²) < 4.78 is 79.3. The molecule has 188 valence electrons. The van der Waals surface area contributed by atoms with Gasteiger partial charge in [-0.25, -0.2) is 4.98 Å². The summed E-state index contributed by atoms with van der Waals surface area (Å²) in [6.45, 7) is 0. The molecule has 0 saturated carbocycles. The van der Waals surface area contributed by atoms with Crippen molar-refractivity contribution in [2.45, 2.75) is 18.4 Å². The maximum absolute atomic E-state index is 13.5. The van der Waals surface area contributed by atoms with Gasteiger partial charge in [0.2, 0.25) is 5.91 Å². The molecule has 5 nitrogen and oxygen atoms in total. The lowest BCUT2D eigenvalue weighted by Crippen LogP contribution is -2.37. The van der Waals surface area contributed by atoms with Crippen LogP contribution in [0.1, 0.15) is 33.1 Å². The molecule has 1 heterocycles. The van der Waals surface area contributed by atoms with Crippen LogP contribution in [0.5, 0.6) is 0 Å². The van der Waals surface area contributed by atoms with Gasteiger partial charge in [-0.05, 0) is 53.6 Å². The number of benzene rings is 2. The van der Waals surface area contributed by atoms with Crippen molar-refractivity contribution >= 4 is 35.2 Å². The Hall–Kier alpha value is -3.86. The van der Waals surface area contributed by atoms with E-state index >= 15 is 0 Å². The topological polar surface area (TPSA) is 71.1 Å². The van der Waals surface area contributed by atoms with Gasteiger partial charge in [-0.15, -0.1) is 0 Å². The molecule has 2 N–H and O–H groups in total. The standard InChI is InChI=1S/C24H16ClF6N3O2/c25-21-18(8-3-11-32-21)22(36)33-17-7-1-4-14(12-17)9-10-19(35)34-20(24(29,30)31)15-5-2-6-16(13-15)23(26,27)28/h1-13,20H,(H,33,36)(H,34,35). The van der Waals surface area contributed by atoms with Crippen LogP contribution in [-0.2, 0) is 11.0 Å². The molecule has 0 aliphatic rings. The largest absolute Gasteiger partial charge is 0.416 e. The molecule has 0 fully saturated rings. The Kier molecular flexibility index (Phi) is 8.03. The summed E-state index contributed by atoms with van der Waals surface area (Å²) in [4.78, 5) is 28.4. The van der Waals surface area contributed by atoms with Gasteiger partial charge in [-0.2, -0.15) is 26.3 Å². The predicted octanol–water partition coefficient (Wildman–Crippen LogP) is 6.44. The van der Waals surface area contributed by atoms with Crippen LogP contribution in [0.3, 0.4) is 0 Å². The quantitative estimate of drug-likeness (QED) is 0.220. The van der Waals surface area contributed by atoms with Crippen molar-refractivity contribution in [2.24, 2.45) is 0 Å². The van der Waals surface area contributed by atoms with E-state index in [4.69, 9.17) is 11.6 Å². The molecular weight excluding hydrogens is 512 g/mol. The van der Waals surface area contributed by atoms with E-state index in [0.29, 0.717) is 23.4 Å². The minimum absolute atomic E-state index is 0.0114. The molecule has 0 aliphatic carbocycles.